The highest BCUT2D eigenvalue weighted by atomic mass is 19.1. The van der Waals surface area contributed by atoms with E-state index in [2.05, 4.69) is 5.32 Å². The third-order valence-electron chi connectivity index (χ3n) is 2.90. The minimum Gasteiger partial charge on any atom is -0.385 e. The van der Waals surface area contributed by atoms with E-state index < -0.39 is 4.92 Å². The molecule has 0 spiro atoms. The number of carbonyl (C=O) groups excluding carboxylic acids is 1. The van der Waals surface area contributed by atoms with Crippen LogP contribution >= 0.6 is 0 Å². The maximum absolute atomic E-state index is 12.7. The molecule has 0 aliphatic rings. The second-order valence-electron chi connectivity index (χ2n) is 4.41. The van der Waals surface area contributed by atoms with Crippen molar-refractivity contribution in [2.75, 3.05) is 11.9 Å². The van der Waals surface area contributed by atoms with Gasteiger partial charge in [0, 0.05) is 36.3 Å². The van der Waals surface area contributed by atoms with Gasteiger partial charge in [0.2, 0.25) is 0 Å². The van der Waals surface area contributed by atoms with E-state index in [1.807, 2.05) is 0 Å². The van der Waals surface area contributed by atoms with Crippen molar-refractivity contribution in [1.82, 2.24) is 0 Å². The summed E-state index contributed by atoms with van der Waals surface area (Å²) in [4.78, 5) is 22.1. The lowest BCUT2D eigenvalue weighted by Crippen LogP contribution is -2.09. The first-order valence-corrected chi connectivity index (χ1v) is 6.33. The summed E-state index contributed by atoms with van der Waals surface area (Å²) in [5.41, 5.74) is 0.917. The van der Waals surface area contributed by atoms with Crippen LogP contribution in [0.5, 0.6) is 0 Å². The van der Waals surface area contributed by atoms with Crippen molar-refractivity contribution in [3.8, 4) is 0 Å². The van der Waals surface area contributed by atoms with Crippen molar-refractivity contribution >= 4 is 17.2 Å². The van der Waals surface area contributed by atoms with Gasteiger partial charge >= 0.3 is 0 Å². The first-order chi connectivity index (χ1) is 10.1. The first-order valence-electron chi connectivity index (χ1n) is 6.33. The van der Waals surface area contributed by atoms with E-state index in [1.54, 1.807) is 18.2 Å². The molecule has 2 rings (SSSR count). The van der Waals surface area contributed by atoms with Gasteiger partial charge in [-0.25, -0.2) is 4.39 Å². The van der Waals surface area contributed by atoms with Crippen LogP contribution in [0.25, 0.3) is 0 Å². The summed E-state index contributed by atoms with van der Waals surface area (Å²) < 4.78 is 12.7. The Kier molecular flexibility index (Phi) is 4.61. The molecule has 0 fully saturated rings. The number of halogens is 1. The minimum atomic E-state index is -0.534. The van der Waals surface area contributed by atoms with E-state index in [4.69, 9.17) is 0 Å². The molecule has 0 radical (unpaired) electrons. The van der Waals surface area contributed by atoms with Crippen LogP contribution in [-0.4, -0.2) is 17.3 Å². The summed E-state index contributed by atoms with van der Waals surface area (Å²) in [6.45, 7) is 0.368. The van der Waals surface area contributed by atoms with Crippen LogP contribution in [0.3, 0.4) is 0 Å². The summed E-state index contributed by atoms with van der Waals surface area (Å²) in [5.74, 6) is -0.512. The lowest BCUT2D eigenvalue weighted by atomic mass is 10.1. The molecule has 2 aromatic rings. The smallest absolute Gasteiger partial charge is 0.270 e. The van der Waals surface area contributed by atoms with Crippen LogP contribution in [0.4, 0.5) is 15.8 Å². The van der Waals surface area contributed by atoms with Gasteiger partial charge in [-0.2, -0.15) is 0 Å². The van der Waals surface area contributed by atoms with Crippen LogP contribution in [0, 0.1) is 15.9 Å². The summed E-state index contributed by atoms with van der Waals surface area (Å²) in [6.07, 6.45) is 0.193. The fourth-order valence-corrected chi connectivity index (χ4v) is 1.83. The first kappa shape index (κ1) is 14.6. The van der Waals surface area contributed by atoms with Gasteiger partial charge in [0.05, 0.1) is 4.92 Å². The van der Waals surface area contributed by atoms with Crippen molar-refractivity contribution in [1.29, 1.82) is 0 Å². The zero-order chi connectivity index (χ0) is 15.2. The molecule has 0 amide bonds. The minimum absolute atomic E-state index is 0.104. The Morgan fingerprint density at radius 3 is 2.57 bits per heavy atom. The lowest BCUT2D eigenvalue weighted by molar-refractivity contribution is -0.384. The summed E-state index contributed by atoms with van der Waals surface area (Å²) in [5, 5.41) is 13.6. The van der Waals surface area contributed by atoms with Crippen LogP contribution in [0.2, 0.25) is 0 Å². The molecule has 0 aliphatic carbocycles. The zero-order valence-electron chi connectivity index (χ0n) is 11.1. The van der Waals surface area contributed by atoms with Crippen LogP contribution in [0.15, 0.2) is 48.5 Å². The number of nitro benzene ring substituents is 1. The molecule has 5 nitrogen and oxygen atoms in total. The van der Waals surface area contributed by atoms with Gasteiger partial charge in [0.15, 0.2) is 5.78 Å². The quantitative estimate of drug-likeness (QED) is 0.502. The van der Waals surface area contributed by atoms with Gasteiger partial charge in [-0.05, 0) is 24.3 Å². The number of hydrogen-bond acceptors (Lipinski definition) is 4. The number of nitrogens with one attached hydrogen (secondary N) is 1. The van der Waals surface area contributed by atoms with Gasteiger partial charge in [-0.1, -0.05) is 12.1 Å². The number of hydrogen-bond donors (Lipinski definition) is 1. The molecule has 0 aromatic heterocycles. The number of rotatable bonds is 6. The summed E-state index contributed by atoms with van der Waals surface area (Å²) in [6, 6.07) is 11.4. The molecule has 108 valence electrons. The predicted octanol–water partition coefficient (Wildman–Crippen LogP) is 3.42. The third-order valence-corrected chi connectivity index (χ3v) is 2.90. The molecule has 0 atom stereocenters. The lowest BCUT2D eigenvalue weighted by Gasteiger charge is -2.05. The molecule has 0 saturated carbocycles. The SMILES string of the molecule is O=C(CCNc1ccc(F)cc1)c1cccc([N+](=O)[O-])c1. The fourth-order valence-electron chi connectivity index (χ4n) is 1.83. The molecule has 2 aromatic carbocycles. The van der Waals surface area contributed by atoms with E-state index in [1.165, 1.54) is 30.3 Å². The molecule has 0 saturated heterocycles. The third kappa shape index (κ3) is 4.10. The normalized spacial score (nSPS) is 10.1. The van der Waals surface area contributed by atoms with E-state index in [9.17, 15) is 19.3 Å². The molecule has 0 unspecified atom stereocenters. The monoisotopic (exact) mass is 288 g/mol. The molecular weight excluding hydrogens is 275 g/mol. The van der Waals surface area contributed by atoms with E-state index in [-0.39, 0.29) is 23.7 Å². The van der Waals surface area contributed by atoms with Gasteiger partial charge in [0.1, 0.15) is 5.82 Å². The van der Waals surface area contributed by atoms with Crippen molar-refractivity contribution in [2.45, 2.75) is 6.42 Å². The Labute approximate surface area is 120 Å². The highest BCUT2D eigenvalue weighted by molar-refractivity contribution is 5.96. The average molecular weight is 288 g/mol. The maximum Gasteiger partial charge on any atom is 0.270 e. The number of carbonyl (C=O) groups is 1. The van der Waals surface area contributed by atoms with Gasteiger partial charge < -0.3 is 5.32 Å². The Morgan fingerprint density at radius 1 is 1.19 bits per heavy atom. The Hall–Kier alpha value is -2.76. The van der Waals surface area contributed by atoms with Crippen molar-refractivity contribution in [3.63, 3.8) is 0 Å². The van der Waals surface area contributed by atoms with Crippen LogP contribution < -0.4 is 5.32 Å². The summed E-state index contributed by atoms with van der Waals surface area (Å²) >= 11 is 0. The Balaban J connectivity index is 1.91. The Morgan fingerprint density at radius 2 is 1.90 bits per heavy atom. The topological polar surface area (TPSA) is 72.2 Å². The number of nitrogens with zero attached hydrogens (tertiary/aromatic N) is 1. The van der Waals surface area contributed by atoms with Gasteiger partial charge in [-0.3, -0.25) is 14.9 Å². The molecule has 0 bridgehead atoms. The van der Waals surface area contributed by atoms with Crippen LogP contribution in [-0.2, 0) is 0 Å². The second kappa shape index (κ2) is 6.60. The number of non-ortho nitro benzene ring substituents is 1. The van der Waals surface area contributed by atoms with Crippen molar-refractivity contribution < 1.29 is 14.1 Å². The summed E-state index contributed by atoms with van der Waals surface area (Å²) in [7, 11) is 0. The van der Waals surface area contributed by atoms with E-state index >= 15 is 0 Å². The maximum atomic E-state index is 12.7. The molecule has 0 aliphatic heterocycles. The predicted molar refractivity (Wildman–Crippen MR) is 76.9 cm³/mol. The molecule has 0 heterocycles. The van der Waals surface area contributed by atoms with Gasteiger partial charge in [-0.15, -0.1) is 0 Å². The second-order valence-corrected chi connectivity index (χ2v) is 4.41. The molecule has 6 heteroatoms. The number of nitro groups is 1. The number of benzene rings is 2. The molecule has 21 heavy (non-hydrogen) atoms. The zero-order valence-corrected chi connectivity index (χ0v) is 11.1. The van der Waals surface area contributed by atoms with E-state index in [0.29, 0.717) is 17.8 Å². The van der Waals surface area contributed by atoms with Crippen molar-refractivity contribution in [2.24, 2.45) is 0 Å². The van der Waals surface area contributed by atoms with Crippen molar-refractivity contribution in [3.05, 3.63) is 70.0 Å². The number of Topliss-reactive ketones (excluding diaryl/α,β-unsaturated/α-hetero) is 1. The fraction of sp³-hybridized carbons (Fsp3) is 0.133. The highest BCUT2D eigenvalue weighted by Crippen LogP contribution is 2.15. The van der Waals surface area contributed by atoms with Crippen LogP contribution in [0.1, 0.15) is 16.8 Å². The average Bonchev–Trinajstić information content (AvgIpc) is 2.49. The molecule has 1 N–H and O–H groups in total. The largest absolute Gasteiger partial charge is 0.385 e. The number of ketones is 1. The van der Waals surface area contributed by atoms with Gasteiger partial charge in [0.25, 0.3) is 5.69 Å². The standard InChI is InChI=1S/C15H13FN2O3/c16-12-4-6-13(7-5-12)17-9-8-15(19)11-2-1-3-14(10-11)18(20)21/h1-7,10,17H,8-9H2. The number of anilines is 1. The highest BCUT2D eigenvalue weighted by Gasteiger charge is 2.11. The molecular formula is C15H13FN2O3. The Bertz CT molecular complexity index is 656. The van der Waals surface area contributed by atoms with E-state index in [0.717, 1.165) is 0 Å².